The quantitative estimate of drug-likeness (QED) is 0.923. The Morgan fingerprint density at radius 1 is 1.30 bits per heavy atom. The molecule has 2 heterocycles. The van der Waals surface area contributed by atoms with Gasteiger partial charge in [0.05, 0.1) is 6.10 Å². The Bertz CT molecular complexity index is 742. The highest BCUT2D eigenvalue weighted by Crippen LogP contribution is 2.33. The summed E-state index contributed by atoms with van der Waals surface area (Å²) in [6.45, 7) is 1.21. The van der Waals surface area contributed by atoms with E-state index in [1.165, 1.54) is 19.2 Å². The van der Waals surface area contributed by atoms with Crippen molar-refractivity contribution in [3.63, 3.8) is 0 Å². The van der Waals surface area contributed by atoms with Gasteiger partial charge in [0.2, 0.25) is 0 Å². The summed E-state index contributed by atoms with van der Waals surface area (Å²) in [7, 11) is 1.52. The maximum Gasteiger partial charge on any atom is 0.271 e. The molecule has 3 rings (SSSR count). The van der Waals surface area contributed by atoms with Crippen LogP contribution in [0, 0.1) is 5.92 Å². The first-order chi connectivity index (χ1) is 11.1. The van der Waals surface area contributed by atoms with Gasteiger partial charge >= 0.3 is 0 Å². The van der Waals surface area contributed by atoms with Gasteiger partial charge in [-0.05, 0) is 18.1 Å². The van der Waals surface area contributed by atoms with Gasteiger partial charge in [-0.1, -0.05) is 30.3 Å². The Balaban J connectivity index is 1.64. The third-order valence-electron chi connectivity index (χ3n) is 4.06. The van der Waals surface area contributed by atoms with E-state index in [1.807, 2.05) is 30.3 Å². The molecule has 120 valence electrons. The molecule has 1 fully saturated rings. The molecule has 0 saturated carbocycles. The smallest absolute Gasteiger partial charge is 0.271 e. The second kappa shape index (κ2) is 6.75. The third kappa shape index (κ3) is 3.48. The average Bonchev–Trinajstić information content (AvgIpc) is 3.04. The van der Waals surface area contributed by atoms with Crippen LogP contribution in [0.5, 0.6) is 0 Å². The molecule has 0 radical (unpaired) electrons. The maximum atomic E-state index is 12.2. The fourth-order valence-electron chi connectivity index (χ4n) is 2.79. The molecular weight excluding hydrogens is 294 g/mol. The number of hydrogen-bond acceptors (Lipinski definition) is 4. The average molecular weight is 313 g/mol. The van der Waals surface area contributed by atoms with Crippen molar-refractivity contribution in [2.75, 3.05) is 13.2 Å². The van der Waals surface area contributed by atoms with Crippen molar-refractivity contribution in [1.82, 2.24) is 15.1 Å². The van der Waals surface area contributed by atoms with E-state index in [2.05, 4.69) is 10.4 Å². The van der Waals surface area contributed by atoms with Gasteiger partial charge in [0.15, 0.2) is 0 Å². The highest BCUT2D eigenvalue weighted by atomic mass is 16.5. The van der Waals surface area contributed by atoms with E-state index in [0.29, 0.717) is 13.2 Å². The van der Waals surface area contributed by atoms with Crippen molar-refractivity contribution in [1.29, 1.82) is 0 Å². The zero-order valence-electron chi connectivity index (χ0n) is 12.9. The normalized spacial score (nSPS) is 20.4. The summed E-state index contributed by atoms with van der Waals surface area (Å²) in [6.07, 6.45) is 0.908. The number of rotatable bonds is 4. The molecule has 6 nitrogen and oxygen atoms in total. The Morgan fingerprint density at radius 3 is 2.83 bits per heavy atom. The predicted molar refractivity (Wildman–Crippen MR) is 85.1 cm³/mol. The summed E-state index contributed by atoms with van der Waals surface area (Å²) in [5.74, 6) is -0.0480. The largest absolute Gasteiger partial charge is 0.373 e. The van der Waals surface area contributed by atoms with Crippen LogP contribution in [0.15, 0.2) is 47.3 Å². The van der Waals surface area contributed by atoms with E-state index in [4.69, 9.17) is 4.74 Å². The van der Waals surface area contributed by atoms with E-state index in [-0.39, 0.29) is 29.2 Å². The lowest BCUT2D eigenvalue weighted by molar-refractivity contribution is 0.0843. The van der Waals surface area contributed by atoms with Crippen LogP contribution >= 0.6 is 0 Å². The van der Waals surface area contributed by atoms with E-state index in [9.17, 15) is 9.59 Å². The molecule has 2 atom stereocenters. The number of aromatic nitrogens is 2. The van der Waals surface area contributed by atoms with Crippen molar-refractivity contribution in [2.24, 2.45) is 13.0 Å². The zero-order chi connectivity index (χ0) is 16.2. The Hall–Kier alpha value is -2.47. The molecule has 6 heteroatoms. The first-order valence-corrected chi connectivity index (χ1v) is 7.64. The first-order valence-electron chi connectivity index (χ1n) is 7.64. The number of ether oxygens (including phenoxy) is 1. The number of aryl methyl sites for hydroxylation is 1. The monoisotopic (exact) mass is 313 g/mol. The van der Waals surface area contributed by atoms with Gasteiger partial charge in [0.25, 0.3) is 11.5 Å². The molecule has 1 aromatic carbocycles. The molecule has 1 aliphatic heterocycles. The fourth-order valence-corrected chi connectivity index (χ4v) is 2.79. The number of amides is 1. The number of carbonyl (C=O) groups is 1. The Kier molecular flexibility index (Phi) is 4.52. The van der Waals surface area contributed by atoms with E-state index in [0.717, 1.165) is 16.7 Å². The lowest BCUT2D eigenvalue weighted by Crippen LogP contribution is -2.32. The van der Waals surface area contributed by atoms with Crippen molar-refractivity contribution in [2.45, 2.75) is 12.5 Å². The second-order valence-electron chi connectivity index (χ2n) is 5.64. The van der Waals surface area contributed by atoms with Crippen molar-refractivity contribution >= 4 is 5.91 Å². The van der Waals surface area contributed by atoms with E-state index < -0.39 is 0 Å². The Morgan fingerprint density at radius 2 is 2.09 bits per heavy atom. The summed E-state index contributed by atoms with van der Waals surface area (Å²) in [6, 6.07) is 12.8. The van der Waals surface area contributed by atoms with Crippen LogP contribution in [0.4, 0.5) is 0 Å². The molecule has 0 spiro atoms. The van der Waals surface area contributed by atoms with Gasteiger partial charge in [-0.25, -0.2) is 4.68 Å². The van der Waals surface area contributed by atoms with Gasteiger partial charge in [-0.3, -0.25) is 9.59 Å². The summed E-state index contributed by atoms with van der Waals surface area (Å²) in [4.78, 5) is 23.5. The first kappa shape index (κ1) is 15.4. The molecule has 0 aliphatic carbocycles. The molecule has 1 saturated heterocycles. The molecule has 23 heavy (non-hydrogen) atoms. The summed E-state index contributed by atoms with van der Waals surface area (Å²) < 4.78 is 6.97. The molecule has 1 N–H and O–H groups in total. The summed E-state index contributed by atoms with van der Waals surface area (Å²) >= 11 is 0. The maximum absolute atomic E-state index is 12.2. The molecule has 1 aromatic heterocycles. The number of hydrogen-bond donors (Lipinski definition) is 1. The molecular formula is C17H19N3O3. The highest BCUT2D eigenvalue weighted by Gasteiger charge is 2.29. The van der Waals surface area contributed by atoms with Crippen molar-refractivity contribution in [3.05, 3.63) is 64.1 Å². The lowest BCUT2D eigenvalue weighted by atomic mass is 9.95. The van der Waals surface area contributed by atoms with Gasteiger partial charge in [-0.15, -0.1) is 0 Å². The number of carbonyl (C=O) groups excluding carboxylic acids is 1. The topological polar surface area (TPSA) is 73.2 Å². The number of nitrogens with one attached hydrogen (secondary N) is 1. The lowest BCUT2D eigenvalue weighted by Gasteiger charge is -2.19. The number of nitrogens with zero attached hydrogens (tertiary/aromatic N) is 2. The minimum Gasteiger partial charge on any atom is -0.373 e. The zero-order valence-corrected chi connectivity index (χ0v) is 12.9. The van der Waals surface area contributed by atoms with Gasteiger partial charge in [-0.2, -0.15) is 5.10 Å². The SMILES string of the molecule is Cn1nc(C(=O)NC[C@@H]2CCO[C@H]2c2ccccc2)ccc1=O. The Labute approximate surface area is 134 Å². The van der Waals surface area contributed by atoms with Crippen LogP contribution in [0.2, 0.25) is 0 Å². The third-order valence-corrected chi connectivity index (χ3v) is 4.06. The summed E-state index contributed by atoms with van der Waals surface area (Å²) in [5.41, 5.74) is 1.13. The minimum absolute atomic E-state index is 0.00425. The van der Waals surface area contributed by atoms with Crippen LogP contribution in [-0.2, 0) is 11.8 Å². The second-order valence-corrected chi connectivity index (χ2v) is 5.64. The van der Waals surface area contributed by atoms with E-state index >= 15 is 0 Å². The molecule has 1 aliphatic rings. The molecule has 1 amide bonds. The number of benzene rings is 1. The van der Waals surface area contributed by atoms with Crippen LogP contribution < -0.4 is 10.9 Å². The summed E-state index contributed by atoms with van der Waals surface area (Å²) in [5, 5.41) is 6.85. The minimum atomic E-state index is -0.278. The van der Waals surface area contributed by atoms with Crippen LogP contribution in [-0.4, -0.2) is 28.8 Å². The molecule has 0 unspecified atom stereocenters. The van der Waals surface area contributed by atoms with E-state index in [1.54, 1.807) is 0 Å². The molecule has 0 bridgehead atoms. The molecule has 2 aromatic rings. The van der Waals surface area contributed by atoms with Crippen LogP contribution in [0.3, 0.4) is 0 Å². The van der Waals surface area contributed by atoms with Crippen LogP contribution in [0.25, 0.3) is 0 Å². The van der Waals surface area contributed by atoms with Crippen molar-refractivity contribution < 1.29 is 9.53 Å². The fraction of sp³-hybridized carbons (Fsp3) is 0.353. The van der Waals surface area contributed by atoms with Gasteiger partial charge < -0.3 is 10.1 Å². The van der Waals surface area contributed by atoms with Gasteiger partial charge in [0, 0.05) is 32.2 Å². The standard InChI is InChI=1S/C17H19N3O3/c1-20-15(21)8-7-14(19-20)17(22)18-11-13-9-10-23-16(13)12-5-3-2-4-6-12/h2-8,13,16H,9-11H2,1H3,(H,18,22)/t13-,16-/m0/s1. The van der Waals surface area contributed by atoms with Crippen molar-refractivity contribution in [3.8, 4) is 0 Å². The van der Waals surface area contributed by atoms with Crippen LogP contribution in [0.1, 0.15) is 28.6 Å². The predicted octanol–water partition coefficient (Wildman–Crippen LogP) is 1.29. The highest BCUT2D eigenvalue weighted by molar-refractivity contribution is 5.91. The van der Waals surface area contributed by atoms with Gasteiger partial charge in [0.1, 0.15) is 5.69 Å².